The fourth-order valence-electron chi connectivity index (χ4n) is 3.34. The Balaban J connectivity index is 1.66. The number of nitrogens with one attached hydrogen (secondary N) is 1. The van der Waals surface area contributed by atoms with Crippen molar-refractivity contribution in [3.63, 3.8) is 0 Å². The van der Waals surface area contributed by atoms with Crippen LogP contribution in [0, 0.1) is 13.8 Å². The van der Waals surface area contributed by atoms with Crippen molar-refractivity contribution < 1.29 is 0 Å². The molecule has 0 saturated heterocycles. The predicted molar refractivity (Wildman–Crippen MR) is 124 cm³/mol. The lowest BCUT2D eigenvalue weighted by atomic mass is 10.1. The molecular formula is C25H29AlN2. The SMILES string of the molecule is C[CH2][Al]([CH2]Cc1ccccc1C=Nc1ccc(C)cc1)[NH]c1cccc(C)c1. The minimum atomic E-state index is -1.03. The maximum absolute atomic E-state index is 4.67. The van der Waals surface area contributed by atoms with Gasteiger partial charge in [-0.05, 0) is 61.2 Å². The third kappa shape index (κ3) is 6.09. The van der Waals surface area contributed by atoms with Crippen LogP contribution in [0.1, 0.15) is 29.2 Å². The summed E-state index contributed by atoms with van der Waals surface area (Å²) in [6.45, 7) is 6.56. The first-order chi connectivity index (χ1) is 13.6. The van der Waals surface area contributed by atoms with Crippen molar-refractivity contribution in [3.05, 3.63) is 95.1 Å². The molecule has 142 valence electrons. The summed E-state index contributed by atoms with van der Waals surface area (Å²) in [6, 6.07) is 25.7. The van der Waals surface area contributed by atoms with E-state index >= 15 is 0 Å². The maximum Gasteiger partial charge on any atom is 0.411 e. The largest absolute Gasteiger partial charge is 0.476 e. The number of hydrogen-bond donors (Lipinski definition) is 1. The Bertz CT molecular complexity index is 916. The lowest BCUT2D eigenvalue weighted by Crippen LogP contribution is -2.24. The smallest absolute Gasteiger partial charge is 0.411 e. The third-order valence-corrected chi connectivity index (χ3v) is 7.80. The van der Waals surface area contributed by atoms with Crippen LogP contribution in [0.25, 0.3) is 0 Å². The van der Waals surface area contributed by atoms with E-state index in [2.05, 4.69) is 103 Å². The molecule has 1 N–H and O–H groups in total. The fourth-order valence-corrected chi connectivity index (χ4v) is 5.41. The minimum absolute atomic E-state index is 1.00. The summed E-state index contributed by atoms with van der Waals surface area (Å²) in [5.41, 5.74) is 7.45. The van der Waals surface area contributed by atoms with Crippen molar-refractivity contribution >= 4 is 32.0 Å². The Labute approximate surface area is 174 Å². The molecule has 3 aromatic rings. The lowest BCUT2D eigenvalue weighted by Gasteiger charge is -2.14. The van der Waals surface area contributed by atoms with Gasteiger partial charge in [0.2, 0.25) is 0 Å². The molecule has 0 fully saturated rings. The molecule has 0 aliphatic heterocycles. The van der Waals surface area contributed by atoms with Crippen molar-refractivity contribution in [2.24, 2.45) is 4.99 Å². The summed E-state index contributed by atoms with van der Waals surface area (Å²) in [5.74, 6) is 0. The second-order valence-corrected chi connectivity index (χ2v) is 10.5. The third-order valence-electron chi connectivity index (χ3n) is 5.09. The van der Waals surface area contributed by atoms with Crippen molar-refractivity contribution in [1.82, 2.24) is 0 Å². The highest BCUT2D eigenvalue weighted by atomic mass is 27.2. The van der Waals surface area contributed by atoms with Crippen LogP contribution in [0.4, 0.5) is 11.4 Å². The first-order valence-electron chi connectivity index (χ1n) is 10.2. The molecule has 3 rings (SSSR count). The van der Waals surface area contributed by atoms with Crippen LogP contribution in [0.3, 0.4) is 0 Å². The van der Waals surface area contributed by atoms with Crippen molar-refractivity contribution in [1.29, 1.82) is 0 Å². The zero-order chi connectivity index (χ0) is 19.8. The standard InChI is InChI=1S/C16H16N.C7H8N.C2H5.Al/c1-3-14-6-4-5-7-15(14)12-17-16-10-8-13(2)9-11-16;1-6-3-2-4-7(8)5-6;1-2;/h4-12H,1,3H2,2H3;2-5,8H,1H3;1H2,2H3;/q;-1;;+1. The van der Waals surface area contributed by atoms with Gasteiger partial charge >= 0.3 is 14.4 Å². The maximum atomic E-state index is 4.67. The monoisotopic (exact) mass is 384 g/mol. The van der Waals surface area contributed by atoms with Crippen LogP contribution in [0.2, 0.25) is 10.6 Å². The Hall–Kier alpha value is -2.34. The predicted octanol–water partition coefficient (Wildman–Crippen LogP) is 6.72. The van der Waals surface area contributed by atoms with Gasteiger partial charge < -0.3 is 4.30 Å². The Kier molecular flexibility index (Phi) is 7.48. The molecule has 3 heteroatoms. The van der Waals surface area contributed by atoms with E-state index in [0.717, 1.165) is 12.1 Å². The van der Waals surface area contributed by atoms with Gasteiger partial charge in [-0.3, -0.25) is 4.99 Å². The number of anilines is 1. The Morgan fingerprint density at radius 2 is 1.68 bits per heavy atom. The summed E-state index contributed by atoms with van der Waals surface area (Å²) in [4.78, 5) is 4.67. The van der Waals surface area contributed by atoms with E-state index in [9.17, 15) is 0 Å². The second-order valence-electron chi connectivity index (χ2n) is 7.45. The molecule has 0 aliphatic rings. The zero-order valence-electron chi connectivity index (χ0n) is 17.2. The average molecular weight is 385 g/mol. The number of nitrogens with zero attached hydrogens (tertiary/aromatic N) is 1. The highest BCUT2D eigenvalue weighted by molar-refractivity contribution is 6.62. The lowest BCUT2D eigenvalue weighted by molar-refractivity contribution is 1.09. The topological polar surface area (TPSA) is 24.4 Å². The molecule has 0 saturated carbocycles. The number of aryl methyl sites for hydroxylation is 3. The van der Waals surface area contributed by atoms with Gasteiger partial charge in [-0.1, -0.05) is 71.6 Å². The molecule has 0 atom stereocenters. The molecule has 0 radical (unpaired) electrons. The van der Waals surface area contributed by atoms with Crippen LogP contribution in [-0.2, 0) is 6.42 Å². The Morgan fingerprint density at radius 3 is 2.43 bits per heavy atom. The number of hydrogen-bond acceptors (Lipinski definition) is 2. The normalized spacial score (nSPS) is 11.0. The van der Waals surface area contributed by atoms with E-state index in [0.29, 0.717) is 0 Å². The van der Waals surface area contributed by atoms with Crippen molar-refractivity contribution in [3.8, 4) is 0 Å². The van der Waals surface area contributed by atoms with Gasteiger partial charge in [0.1, 0.15) is 0 Å². The summed E-state index contributed by atoms with van der Waals surface area (Å²) in [7, 11) is 0. The van der Waals surface area contributed by atoms with Crippen LogP contribution in [0.15, 0.2) is 77.8 Å². The van der Waals surface area contributed by atoms with Crippen molar-refractivity contribution in [2.45, 2.75) is 37.8 Å². The number of rotatable bonds is 8. The first kappa shape index (κ1) is 20.4. The van der Waals surface area contributed by atoms with Crippen LogP contribution < -0.4 is 4.30 Å². The highest BCUT2D eigenvalue weighted by Crippen LogP contribution is 2.17. The van der Waals surface area contributed by atoms with Crippen molar-refractivity contribution in [2.75, 3.05) is 4.30 Å². The van der Waals surface area contributed by atoms with Crippen LogP contribution in [-0.4, -0.2) is 20.6 Å². The molecule has 0 aliphatic carbocycles. The van der Waals surface area contributed by atoms with E-state index in [1.165, 1.54) is 38.5 Å². The minimum Gasteiger partial charge on any atom is -0.476 e. The van der Waals surface area contributed by atoms with E-state index < -0.39 is 14.4 Å². The van der Waals surface area contributed by atoms with E-state index in [1.54, 1.807) is 0 Å². The molecule has 0 amide bonds. The van der Waals surface area contributed by atoms with E-state index in [4.69, 9.17) is 0 Å². The molecule has 2 nitrogen and oxygen atoms in total. The molecule has 0 bridgehead atoms. The summed E-state index contributed by atoms with van der Waals surface area (Å²) in [5, 5.41) is 2.48. The molecular weight excluding hydrogens is 355 g/mol. The number of aliphatic imine (C=N–C) groups is 1. The van der Waals surface area contributed by atoms with Gasteiger partial charge in [-0.2, -0.15) is 0 Å². The molecule has 28 heavy (non-hydrogen) atoms. The first-order valence-corrected chi connectivity index (χ1v) is 12.4. The average Bonchev–Trinajstić information content (AvgIpc) is 2.71. The molecule has 0 aromatic heterocycles. The molecule has 3 aromatic carbocycles. The summed E-state index contributed by atoms with van der Waals surface area (Å²) >= 11 is -1.03. The number of benzene rings is 3. The van der Waals surface area contributed by atoms with Gasteiger partial charge in [0.05, 0.1) is 5.69 Å². The van der Waals surface area contributed by atoms with Crippen LogP contribution >= 0.6 is 0 Å². The van der Waals surface area contributed by atoms with Gasteiger partial charge in [0.25, 0.3) is 0 Å². The van der Waals surface area contributed by atoms with Gasteiger partial charge in [0.15, 0.2) is 0 Å². The van der Waals surface area contributed by atoms with Gasteiger partial charge in [-0.25, -0.2) is 0 Å². The summed E-state index contributed by atoms with van der Waals surface area (Å²) in [6.07, 6.45) is 3.11. The quantitative estimate of drug-likeness (QED) is 0.338. The van der Waals surface area contributed by atoms with E-state index in [-0.39, 0.29) is 0 Å². The van der Waals surface area contributed by atoms with Gasteiger partial charge in [0, 0.05) is 11.9 Å². The molecule has 0 heterocycles. The molecule has 0 spiro atoms. The van der Waals surface area contributed by atoms with E-state index in [1.807, 2.05) is 6.21 Å². The second kappa shape index (κ2) is 10.3. The Morgan fingerprint density at radius 1 is 0.893 bits per heavy atom. The van der Waals surface area contributed by atoms with Gasteiger partial charge in [-0.15, -0.1) is 0 Å². The summed E-state index contributed by atoms with van der Waals surface area (Å²) < 4.78 is 3.83. The zero-order valence-corrected chi connectivity index (χ0v) is 18.3. The highest BCUT2D eigenvalue weighted by Gasteiger charge is 2.17. The molecule has 0 unspecified atom stereocenters. The fraction of sp³-hybridized carbons (Fsp3) is 0.240. The van der Waals surface area contributed by atoms with Crippen LogP contribution in [0.5, 0.6) is 0 Å².